The summed E-state index contributed by atoms with van der Waals surface area (Å²) in [5, 5.41) is 10.3. The Labute approximate surface area is 149 Å². The Hall–Kier alpha value is -1.92. The van der Waals surface area contributed by atoms with Crippen LogP contribution < -0.4 is 5.73 Å². The number of hydrogen-bond acceptors (Lipinski definition) is 4. The van der Waals surface area contributed by atoms with Gasteiger partial charge in [0.05, 0.1) is 19.3 Å². The van der Waals surface area contributed by atoms with Gasteiger partial charge in [-0.25, -0.2) is 0 Å². The molecule has 138 valence electrons. The molecular formula is C19H28N2O4. The smallest absolute Gasteiger partial charge is 0.248 e. The molecule has 0 aliphatic carbocycles. The summed E-state index contributed by atoms with van der Waals surface area (Å²) in [5.41, 5.74) is 7.29. The molecule has 2 atom stereocenters. The third-order valence-corrected chi connectivity index (χ3v) is 4.53. The van der Waals surface area contributed by atoms with Crippen LogP contribution in [0.15, 0.2) is 24.3 Å². The van der Waals surface area contributed by atoms with E-state index in [-0.39, 0.29) is 24.3 Å². The number of carbonyl (C=O) groups excluding carboxylic acids is 2. The predicted octanol–water partition coefficient (Wildman–Crippen LogP) is 1.51. The highest BCUT2D eigenvalue weighted by Crippen LogP contribution is 2.25. The van der Waals surface area contributed by atoms with Gasteiger partial charge in [0, 0.05) is 13.0 Å². The van der Waals surface area contributed by atoms with Gasteiger partial charge in [0.1, 0.15) is 0 Å². The lowest BCUT2D eigenvalue weighted by atomic mass is 9.86. The summed E-state index contributed by atoms with van der Waals surface area (Å²) in [7, 11) is 0. The Bertz CT molecular complexity index is 607. The third-order valence-electron chi connectivity index (χ3n) is 4.53. The van der Waals surface area contributed by atoms with Gasteiger partial charge >= 0.3 is 0 Å². The van der Waals surface area contributed by atoms with Crippen molar-refractivity contribution in [2.75, 3.05) is 19.7 Å². The molecule has 1 saturated heterocycles. The normalized spacial score (nSPS) is 19.5. The number of benzene rings is 1. The zero-order valence-electron chi connectivity index (χ0n) is 15.2. The Morgan fingerprint density at radius 1 is 1.32 bits per heavy atom. The monoisotopic (exact) mass is 348 g/mol. The fourth-order valence-corrected chi connectivity index (χ4v) is 2.84. The molecule has 0 aromatic heterocycles. The molecule has 1 aliphatic rings. The lowest BCUT2D eigenvalue weighted by Crippen LogP contribution is -2.50. The molecule has 1 fully saturated rings. The Morgan fingerprint density at radius 3 is 2.52 bits per heavy atom. The van der Waals surface area contributed by atoms with E-state index in [2.05, 4.69) is 20.8 Å². The zero-order chi connectivity index (χ0) is 18.6. The molecule has 1 aromatic rings. The number of aliphatic hydroxyl groups is 1. The first-order valence-electron chi connectivity index (χ1n) is 8.65. The summed E-state index contributed by atoms with van der Waals surface area (Å²) in [6, 6.07) is 7.85. The van der Waals surface area contributed by atoms with E-state index in [4.69, 9.17) is 10.5 Å². The van der Waals surface area contributed by atoms with Crippen molar-refractivity contribution >= 4 is 11.8 Å². The minimum Gasteiger partial charge on any atom is -0.388 e. The number of morpholine rings is 1. The second-order valence-electron chi connectivity index (χ2n) is 7.53. The fourth-order valence-electron chi connectivity index (χ4n) is 2.84. The molecule has 0 saturated carbocycles. The van der Waals surface area contributed by atoms with Gasteiger partial charge in [0.25, 0.3) is 0 Å². The minimum absolute atomic E-state index is 0.0623. The second kappa shape index (κ2) is 7.97. The molecule has 0 radical (unpaired) electrons. The second-order valence-corrected chi connectivity index (χ2v) is 7.53. The molecule has 0 bridgehead atoms. The lowest BCUT2D eigenvalue weighted by molar-refractivity contribution is -0.145. The number of amides is 2. The molecule has 25 heavy (non-hydrogen) atoms. The molecule has 6 nitrogen and oxygen atoms in total. The molecule has 2 amide bonds. The van der Waals surface area contributed by atoms with Gasteiger partial charge in [-0.2, -0.15) is 0 Å². The van der Waals surface area contributed by atoms with E-state index < -0.39 is 18.1 Å². The molecule has 0 spiro atoms. The minimum atomic E-state index is -0.743. The molecule has 1 aromatic carbocycles. The van der Waals surface area contributed by atoms with Gasteiger partial charge in [-0.1, -0.05) is 45.0 Å². The highest BCUT2D eigenvalue weighted by molar-refractivity contribution is 5.81. The number of carbonyl (C=O) groups is 2. The van der Waals surface area contributed by atoms with E-state index in [1.54, 1.807) is 4.90 Å². The van der Waals surface area contributed by atoms with E-state index in [0.29, 0.717) is 19.6 Å². The Kier molecular flexibility index (Phi) is 6.19. The average molecular weight is 348 g/mol. The van der Waals surface area contributed by atoms with E-state index in [0.717, 1.165) is 5.56 Å². The van der Waals surface area contributed by atoms with Crippen LogP contribution in [0.5, 0.6) is 0 Å². The molecule has 1 aliphatic heterocycles. The van der Waals surface area contributed by atoms with Crippen LogP contribution in [-0.4, -0.2) is 47.6 Å². The van der Waals surface area contributed by atoms with Crippen LogP contribution in [0.4, 0.5) is 0 Å². The quantitative estimate of drug-likeness (QED) is 0.843. The summed E-state index contributed by atoms with van der Waals surface area (Å²) in [4.78, 5) is 25.1. The summed E-state index contributed by atoms with van der Waals surface area (Å²) in [5.74, 6) is -0.656. The van der Waals surface area contributed by atoms with E-state index in [1.807, 2.05) is 24.3 Å². The highest BCUT2D eigenvalue weighted by Gasteiger charge is 2.27. The average Bonchev–Trinajstić information content (AvgIpc) is 2.58. The van der Waals surface area contributed by atoms with Gasteiger partial charge in [0.2, 0.25) is 11.8 Å². The lowest BCUT2D eigenvalue weighted by Gasteiger charge is -2.31. The molecule has 2 rings (SSSR count). The standard InChI is InChI=1S/C19H28N2O4/c1-19(2,3)14-6-4-13(5-7-14)15(22)8-9-17(23)21-10-11-25-16(12-21)18(20)24/h4-7,15-16,22H,8-12H2,1-3H3,(H2,20,24)/t15-,16-/m1/s1. The highest BCUT2D eigenvalue weighted by atomic mass is 16.5. The predicted molar refractivity (Wildman–Crippen MR) is 94.9 cm³/mol. The first-order chi connectivity index (χ1) is 11.7. The van der Waals surface area contributed by atoms with E-state index in [9.17, 15) is 14.7 Å². The number of primary amides is 1. The summed E-state index contributed by atoms with van der Waals surface area (Å²) >= 11 is 0. The van der Waals surface area contributed by atoms with Gasteiger partial charge in [0.15, 0.2) is 6.10 Å². The van der Waals surface area contributed by atoms with Crippen LogP contribution in [0.1, 0.15) is 50.8 Å². The number of ether oxygens (including phenoxy) is 1. The zero-order valence-corrected chi connectivity index (χ0v) is 15.2. The number of hydrogen-bond donors (Lipinski definition) is 2. The largest absolute Gasteiger partial charge is 0.388 e. The summed E-state index contributed by atoms with van der Waals surface area (Å²) < 4.78 is 5.24. The van der Waals surface area contributed by atoms with Crippen LogP contribution in [0, 0.1) is 0 Å². The maximum Gasteiger partial charge on any atom is 0.248 e. The first-order valence-corrected chi connectivity index (χ1v) is 8.65. The van der Waals surface area contributed by atoms with Crippen molar-refractivity contribution in [3.05, 3.63) is 35.4 Å². The summed E-state index contributed by atoms with van der Waals surface area (Å²) in [6.07, 6.45) is -0.876. The Balaban J connectivity index is 1.87. The van der Waals surface area contributed by atoms with Crippen LogP contribution >= 0.6 is 0 Å². The SMILES string of the molecule is CC(C)(C)c1ccc([C@H](O)CCC(=O)N2CCO[C@@H](C(N)=O)C2)cc1. The maximum atomic E-state index is 12.3. The topological polar surface area (TPSA) is 92.9 Å². The van der Waals surface area contributed by atoms with Crippen LogP contribution in [0.25, 0.3) is 0 Å². The summed E-state index contributed by atoms with van der Waals surface area (Å²) in [6.45, 7) is 7.34. The van der Waals surface area contributed by atoms with Gasteiger partial charge in [-0.05, 0) is 23.0 Å². The number of nitrogens with two attached hydrogens (primary N) is 1. The van der Waals surface area contributed by atoms with Crippen LogP contribution in [-0.2, 0) is 19.7 Å². The third kappa shape index (κ3) is 5.28. The van der Waals surface area contributed by atoms with Crippen molar-refractivity contribution in [2.45, 2.75) is 51.2 Å². The van der Waals surface area contributed by atoms with Crippen molar-refractivity contribution in [2.24, 2.45) is 5.73 Å². The molecule has 1 heterocycles. The molecule has 6 heteroatoms. The fraction of sp³-hybridized carbons (Fsp3) is 0.579. The van der Waals surface area contributed by atoms with Gasteiger partial charge < -0.3 is 20.5 Å². The van der Waals surface area contributed by atoms with E-state index in [1.165, 1.54) is 5.56 Å². The van der Waals surface area contributed by atoms with Gasteiger partial charge in [-0.3, -0.25) is 9.59 Å². The first kappa shape index (κ1) is 19.4. The molecule has 3 N–H and O–H groups in total. The van der Waals surface area contributed by atoms with Crippen molar-refractivity contribution < 1.29 is 19.4 Å². The number of rotatable bonds is 5. The number of nitrogens with zero attached hydrogens (tertiary/aromatic N) is 1. The molecular weight excluding hydrogens is 320 g/mol. The van der Waals surface area contributed by atoms with Gasteiger partial charge in [-0.15, -0.1) is 0 Å². The van der Waals surface area contributed by atoms with Crippen molar-refractivity contribution in [3.63, 3.8) is 0 Å². The van der Waals surface area contributed by atoms with E-state index >= 15 is 0 Å². The number of aliphatic hydroxyl groups excluding tert-OH is 1. The van der Waals surface area contributed by atoms with Crippen molar-refractivity contribution in [1.82, 2.24) is 4.90 Å². The van der Waals surface area contributed by atoms with Crippen LogP contribution in [0.2, 0.25) is 0 Å². The van der Waals surface area contributed by atoms with Crippen LogP contribution in [0.3, 0.4) is 0 Å². The molecule has 0 unspecified atom stereocenters. The Morgan fingerprint density at radius 2 is 1.96 bits per heavy atom. The van der Waals surface area contributed by atoms with Crippen molar-refractivity contribution in [3.8, 4) is 0 Å². The van der Waals surface area contributed by atoms with Crippen molar-refractivity contribution in [1.29, 1.82) is 0 Å². The maximum absolute atomic E-state index is 12.3.